The van der Waals surface area contributed by atoms with Crippen LogP contribution in [0.25, 0.3) is 0 Å². The number of hydrogen-bond acceptors (Lipinski definition) is 4. The maximum atomic E-state index is 12.5. The van der Waals surface area contributed by atoms with Gasteiger partial charge in [-0.1, -0.05) is 6.07 Å². The fraction of sp³-hybridized carbons (Fsp3) is 0.688. The molecular weight excluding hydrogens is 332 g/mol. The van der Waals surface area contributed by atoms with Gasteiger partial charge in [0.25, 0.3) is 0 Å². The molecule has 23 heavy (non-hydrogen) atoms. The molecule has 1 aliphatic rings. The number of nitrogens with zero attached hydrogens (tertiary/aromatic N) is 2. The minimum Gasteiger partial charge on any atom is -0.340 e. The summed E-state index contributed by atoms with van der Waals surface area (Å²) in [5.74, 6) is 0.0800. The number of thiophene rings is 1. The first kappa shape index (κ1) is 18.4. The Labute approximate surface area is 143 Å². The van der Waals surface area contributed by atoms with Gasteiger partial charge in [-0.25, -0.2) is 12.7 Å². The summed E-state index contributed by atoms with van der Waals surface area (Å²) in [6.07, 6.45) is 6.70. The van der Waals surface area contributed by atoms with Crippen molar-refractivity contribution in [3.8, 4) is 0 Å². The lowest BCUT2D eigenvalue weighted by Crippen LogP contribution is -2.45. The standard InChI is InChI=1S/C16H26N2O3S2/c1-17(23(2,20)21)12-10-16(19)18-11-4-3-6-14(18)8-9-15-7-5-13-22-15/h5,7,13-14H,3-4,6,8-12H2,1-2H3/t14-/m0/s1. The van der Waals surface area contributed by atoms with Crippen LogP contribution in [-0.4, -0.2) is 56.0 Å². The van der Waals surface area contributed by atoms with Crippen molar-refractivity contribution in [3.63, 3.8) is 0 Å². The Balaban J connectivity index is 1.87. The van der Waals surface area contributed by atoms with E-state index >= 15 is 0 Å². The monoisotopic (exact) mass is 358 g/mol. The molecule has 0 aromatic carbocycles. The highest BCUT2D eigenvalue weighted by Gasteiger charge is 2.26. The van der Waals surface area contributed by atoms with Crippen molar-refractivity contribution in [2.24, 2.45) is 0 Å². The molecule has 1 aromatic heterocycles. The lowest BCUT2D eigenvalue weighted by molar-refractivity contribution is -0.135. The molecule has 2 heterocycles. The molecule has 0 saturated carbocycles. The molecule has 2 rings (SSSR count). The smallest absolute Gasteiger partial charge is 0.224 e. The summed E-state index contributed by atoms with van der Waals surface area (Å²) in [5.41, 5.74) is 0. The predicted octanol–water partition coefficient (Wildman–Crippen LogP) is 2.34. The van der Waals surface area contributed by atoms with Gasteiger partial charge in [0.05, 0.1) is 6.26 Å². The third-order valence-electron chi connectivity index (χ3n) is 4.46. The Hall–Kier alpha value is -0.920. The van der Waals surface area contributed by atoms with E-state index in [2.05, 4.69) is 17.5 Å². The van der Waals surface area contributed by atoms with Crippen LogP contribution in [0.15, 0.2) is 17.5 Å². The molecule has 7 heteroatoms. The van der Waals surface area contributed by atoms with E-state index < -0.39 is 10.0 Å². The van der Waals surface area contributed by atoms with Crippen LogP contribution in [-0.2, 0) is 21.2 Å². The lowest BCUT2D eigenvalue weighted by atomic mass is 9.97. The van der Waals surface area contributed by atoms with Crippen LogP contribution in [0.1, 0.15) is 37.0 Å². The van der Waals surface area contributed by atoms with Crippen molar-refractivity contribution in [2.75, 3.05) is 26.4 Å². The van der Waals surface area contributed by atoms with Crippen LogP contribution < -0.4 is 0 Å². The van der Waals surface area contributed by atoms with Crippen LogP contribution in [0.4, 0.5) is 0 Å². The zero-order valence-corrected chi connectivity index (χ0v) is 15.5. The molecule has 0 bridgehead atoms. The highest BCUT2D eigenvalue weighted by molar-refractivity contribution is 7.88. The average molecular weight is 359 g/mol. The van der Waals surface area contributed by atoms with Gasteiger partial charge in [0, 0.05) is 37.5 Å². The van der Waals surface area contributed by atoms with Crippen molar-refractivity contribution in [2.45, 2.75) is 44.6 Å². The second-order valence-corrected chi connectivity index (χ2v) is 9.31. The van der Waals surface area contributed by atoms with Gasteiger partial charge in [-0.2, -0.15) is 0 Å². The van der Waals surface area contributed by atoms with E-state index in [-0.39, 0.29) is 18.9 Å². The third kappa shape index (κ3) is 5.58. The molecule has 1 atom stereocenters. The van der Waals surface area contributed by atoms with E-state index in [1.54, 1.807) is 11.3 Å². The number of likely N-dealkylation sites (tertiary alicyclic amines) is 1. The first-order valence-corrected chi connectivity index (χ1v) is 10.8. The van der Waals surface area contributed by atoms with Gasteiger partial charge in [-0.3, -0.25) is 4.79 Å². The van der Waals surface area contributed by atoms with Gasteiger partial charge in [-0.15, -0.1) is 11.3 Å². The van der Waals surface area contributed by atoms with Crippen LogP contribution in [0.3, 0.4) is 0 Å². The summed E-state index contributed by atoms with van der Waals surface area (Å²) in [6.45, 7) is 1.06. The number of aryl methyl sites for hydroxylation is 1. The minimum atomic E-state index is -3.22. The van der Waals surface area contributed by atoms with Gasteiger partial charge in [0.2, 0.25) is 15.9 Å². The molecule has 130 valence electrons. The van der Waals surface area contributed by atoms with Crippen molar-refractivity contribution in [1.29, 1.82) is 0 Å². The van der Waals surface area contributed by atoms with Gasteiger partial charge >= 0.3 is 0 Å². The van der Waals surface area contributed by atoms with E-state index in [9.17, 15) is 13.2 Å². The van der Waals surface area contributed by atoms with E-state index in [1.807, 2.05) is 4.90 Å². The number of amides is 1. The summed E-state index contributed by atoms with van der Waals surface area (Å²) in [6, 6.07) is 4.49. The minimum absolute atomic E-state index is 0.0800. The van der Waals surface area contributed by atoms with E-state index in [1.165, 1.54) is 28.9 Å². The largest absolute Gasteiger partial charge is 0.340 e. The Kier molecular flexibility index (Phi) is 6.61. The normalized spacial score (nSPS) is 19.3. The van der Waals surface area contributed by atoms with Crippen LogP contribution in [0.5, 0.6) is 0 Å². The molecule has 1 aromatic rings. The van der Waals surface area contributed by atoms with Crippen LogP contribution in [0, 0.1) is 0 Å². The van der Waals surface area contributed by atoms with Crippen molar-refractivity contribution >= 4 is 27.3 Å². The van der Waals surface area contributed by atoms with Gasteiger partial charge in [0.1, 0.15) is 0 Å². The summed E-state index contributed by atoms with van der Waals surface area (Å²) in [5, 5.41) is 2.08. The number of hydrogen-bond donors (Lipinski definition) is 0. The van der Waals surface area contributed by atoms with E-state index in [0.717, 1.165) is 32.2 Å². The topological polar surface area (TPSA) is 57.7 Å². The quantitative estimate of drug-likeness (QED) is 0.752. The second-order valence-electron chi connectivity index (χ2n) is 6.19. The first-order chi connectivity index (χ1) is 10.9. The molecular formula is C16H26N2O3S2. The number of sulfonamides is 1. The zero-order chi connectivity index (χ0) is 16.9. The number of rotatable bonds is 7. The molecule has 0 aliphatic carbocycles. The first-order valence-electron chi connectivity index (χ1n) is 8.11. The van der Waals surface area contributed by atoms with Gasteiger partial charge < -0.3 is 4.90 Å². The maximum absolute atomic E-state index is 12.5. The molecule has 0 radical (unpaired) electrons. The summed E-state index contributed by atoms with van der Waals surface area (Å²) < 4.78 is 24.1. The SMILES string of the molecule is CN(CCC(=O)N1CCCC[C@H]1CCc1cccs1)S(C)(=O)=O. The highest BCUT2D eigenvalue weighted by Crippen LogP contribution is 2.23. The number of carbonyl (C=O) groups is 1. The maximum Gasteiger partial charge on any atom is 0.224 e. The Bertz CT molecular complexity index is 599. The highest BCUT2D eigenvalue weighted by atomic mass is 32.2. The van der Waals surface area contributed by atoms with Crippen molar-refractivity contribution < 1.29 is 13.2 Å². The average Bonchev–Trinajstić information content (AvgIpc) is 3.03. The fourth-order valence-corrected chi connectivity index (χ4v) is 4.10. The molecule has 0 spiro atoms. The molecule has 1 amide bonds. The Morgan fingerprint density at radius 1 is 1.43 bits per heavy atom. The summed E-state index contributed by atoms with van der Waals surface area (Å²) in [7, 11) is -1.70. The van der Waals surface area contributed by atoms with Crippen molar-refractivity contribution in [1.82, 2.24) is 9.21 Å². The van der Waals surface area contributed by atoms with Crippen molar-refractivity contribution in [3.05, 3.63) is 22.4 Å². The Morgan fingerprint density at radius 3 is 2.87 bits per heavy atom. The Morgan fingerprint density at radius 2 is 2.22 bits per heavy atom. The van der Waals surface area contributed by atoms with Gasteiger partial charge in [0.15, 0.2) is 0 Å². The predicted molar refractivity (Wildman–Crippen MR) is 94.1 cm³/mol. The van der Waals surface area contributed by atoms with Crippen LogP contribution >= 0.6 is 11.3 Å². The molecule has 1 aliphatic heterocycles. The van der Waals surface area contributed by atoms with Gasteiger partial charge in [-0.05, 0) is 43.6 Å². The molecule has 0 N–H and O–H groups in total. The molecule has 1 fully saturated rings. The van der Waals surface area contributed by atoms with E-state index in [0.29, 0.717) is 6.04 Å². The number of piperidine rings is 1. The number of carbonyl (C=O) groups excluding carboxylic acids is 1. The third-order valence-corrected chi connectivity index (χ3v) is 6.71. The molecule has 5 nitrogen and oxygen atoms in total. The fourth-order valence-electron chi connectivity index (χ4n) is 2.96. The summed E-state index contributed by atoms with van der Waals surface area (Å²) >= 11 is 1.76. The molecule has 0 unspecified atom stereocenters. The lowest BCUT2D eigenvalue weighted by Gasteiger charge is -2.36. The van der Waals surface area contributed by atoms with Crippen LogP contribution in [0.2, 0.25) is 0 Å². The molecule has 1 saturated heterocycles. The second kappa shape index (κ2) is 8.26. The zero-order valence-electron chi connectivity index (χ0n) is 13.9. The van der Waals surface area contributed by atoms with E-state index in [4.69, 9.17) is 0 Å². The summed E-state index contributed by atoms with van der Waals surface area (Å²) in [4.78, 5) is 15.8.